The van der Waals surface area contributed by atoms with Crippen molar-refractivity contribution in [2.75, 3.05) is 38.5 Å². The van der Waals surface area contributed by atoms with Gasteiger partial charge in [0.1, 0.15) is 17.5 Å². The van der Waals surface area contributed by atoms with Crippen molar-refractivity contribution in [1.29, 1.82) is 0 Å². The van der Waals surface area contributed by atoms with Crippen LogP contribution in [-0.4, -0.2) is 64.4 Å². The van der Waals surface area contributed by atoms with Crippen LogP contribution in [0.25, 0.3) is 0 Å². The normalized spacial score (nSPS) is 10.6. The third kappa shape index (κ3) is 5.60. The molecule has 3 aromatic heterocycles. The number of ether oxygens (including phenoxy) is 2. The first-order valence-corrected chi connectivity index (χ1v) is 10.1. The van der Waals surface area contributed by atoms with Crippen LogP contribution in [0.3, 0.4) is 0 Å². The van der Waals surface area contributed by atoms with Crippen molar-refractivity contribution in [2.24, 2.45) is 0 Å². The molecule has 3 aromatic rings. The molecule has 0 atom stereocenters. The molecule has 33 heavy (non-hydrogen) atoms. The van der Waals surface area contributed by atoms with Gasteiger partial charge < -0.3 is 25.4 Å². The van der Waals surface area contributed by atoms with Gasteiger partial charge in [0, 0.05) is 38.2 Å². The molecule has 12 nitrogen and oxygen atoms in total. The Morgan fingerprint density at radius 3 is 2.52 bits per heavy atom. The molecule has 3 N–H and O–H groups in total. The Balaban J connectivity index is 1.95. The lowest BCUT2D eigenvalue weighted by molar-refractivity contribution is 0.0963. The molecule has 3 heterocycles. The first kappa shape index (κ1) is 23.6. The summed E-state index contributed by atoms with van der Waals surface area (Å²) in [4.78, 5) is 38.4. The van der Waals surface area contributed by atoms with Crippen LogP contribution in [0.1, 0.15) is 32.4 Å². The zero-order valence-corrected chi connectivity index (χ0v) is 19.1. The third-order valence-electron chi connectivity index (χ3n) is 4.59. The summed E-state index contributed by atoms with van der Waals surface area (Å²) in [5, 5.41) is 12.6. The van der Waals surface area contributed by atoms with Gasteiger partial charge in [-0.25, -0.2) is 15.0 Å². The molecular weight excluding hydrogens is 428 g/mol. The van der Waals surface area contributed by atoms with Crippen molar-refractivity contribution in [2.45, 2.75) is 20.4 Å². The molecule has 0 aliphatic heterocycles. The van der Waals surface area contributed by atoms with Gasteiger partial charge in [-0.05, 0) is 13.8 Å². The zero-order valence-electron chi connectivity index (χ0n) is 19.1. The van der Waals surface area contributed by atoms with Crippen LogP contribution in [0.5, 0.6) is 5.75 Å². The minimum absolute atomic E-state index is 0.188. The number of amides is 2. The molecule has 2 amide bonds. The summed E-state index contributed by atoms with van der Waals surface area (Å²) in [5.74, 6) is 0.912. The van der Waals surface area contributed by atoms with E-state index in [2.05, 4.69) is 36.0 Å². The number of anilines is 3. The summed E-state index contributed by atoms with van der Waals surface area (Å²) in [6, 6.07) is 3.32. The monoisotopic (exact) mass is 454 g/mol. The van der Waals surface area contributed by atoms with Crippen molar-refractivity contribution in [3.8, 4) is 5.75 Å². The molecule has 174 valence electrons. The van der Waals surface area contributed by atoms with Crippen molar-refractivity contribution >= 4 is 29.1 Å². The van der Waals surface area contributed by atoms with E-state index in [0.717, 1.165) is 5.69 Å². The van der Waals surface area contributed by atoms with Crippen LogP contribution in [-0.2, 0) is 11.3 Å². The number of hydrogen-bond acceptors (Lipinski definition) is 9. The summed E-state index contributed by atoms with van der Waals surface area (Å²) >= 11 is 0. The molecule has 0 bridgehead atoms. The predicted molar refractivity (Wildman–Crippen MR) is 121 cm³/mol. The minimum Gasteiger partial charge on any atom is -0.493 e. The SMILES string of the molecule is CNC(=O)c1cnc(Nc2cc(C)nc(C)n2)cc1NC(=O)c1c(OC)cnn1CCOC. The highest BCUT2D eigenvalue weighted by Crippen LogP contribution is 2.24. The lowest BCUT2D eigenvalue weighted by Gasteiger charge is -2.14. The van der Waals surface area contributed by atoms with Crippen LogP contribution in [0.15, 0.2) is 24.5 Å². The Bertz CT molecular complexity index is 1140. The lowest BCUT2D eigenvalue weighted by atomic mass is 10.2. The predicted octanol–water partition coefficient (Wildman–Crippen LogP) is 1.70. The molecule has 0 unspecified atom stereocenters. The van der Waals surface area contributed by atoms with Crippen molar-refractivity contribution in [3.05, 3.63) is 47.3 Å². The molecular formula is C21H26N8O4. The van der Waals surface area contributed by atoms with Crippen LogP contribution >= 0.6 is 0 Å². The molecule has 0 spiro atoms. The molecule has 0 saturated heterocycles. The maximum Gasteiger partial charge on any atom is 0.277 e. The second-order valence-corrected chi connectivity index (χ2v) is 6.99. The van der Waals surface area contributed by atoms with Crippen molar-refractivity contribution in [3.63, 3.8) is 0 Å². The molecule has 12 heteroatoms. The Morgan fingerprint density at radius 1 is 1.06 bits per heavy atom. The van der Waals surface area contributed by atoms with Crippen LogP contribution < -0.4 is 20.7 Å². The van der Waals surface area contributed by atoms with E-state index in [1.54, 1.807) is 26.2 Å². The largest absolute Gasteiger partial charge is 0.493 e. The number of carbonyl (C=O) groups is 2. The Morgan fingerprint density at radius 2 is 1.85 bits per heavy atom. The highest BCUT2D eigenvalue weighted by atomic mass is 16.5. The van der Waals surface area contributed by atoms with Gasteiger partial charge in [0.25, 0.3) is 11.8 Å². The molecule has 0 fully saturated rings. The highest BCUT2D eigenvalue weighted by Gasteiger charge is 2.22. The molecule has 0 aromatic carbocycles. The first-order valence-electron chi connectivity index (χ1n) is 10.1. The number of rotatable bonds is 9. The van der Waals surface area contributed by atoms with E-state index < -0.39 is 11.8 Å². The number of carbonyl (C=O) groups excluding carboxylic acids is 2. The maximum absolute atomic E-state index is 13.2. The van der Waals surface area contributed by atoms with Gasteiger partial charge in [0.05, 0.1) is 37.7 Å². The second kappa shape index (κ2) is 10.5. The van der Waals surface area contributed by atoms with Crippen LogP contribution in [0.2, 0.25) is 0 Å². The number of hydrogen-bond donors (Lipinski definition) is 3. The summed E-state index contributed by atoms with van der Waals surface area (Å²) < 4.78 is 11.8. The van der Waals surface area contributed by atoms with E-state index in [9.17, 15) is 9.59 Å². The van der Waals surface area contributed by atoms with Gasteiger partial charge in [0.2, 0.25) is 0 Å². The topological polar surface area (TPSA) is 145 Å². The average Bonchev–Trinajstić information content (AvgIpc) is 3.19. The highest BCUT2D eigenvalue weighted by molar-refractivity contribution is 6.09. The standard InChI is InChI=1S/C21H26N8O4/c1-12-8-18(26-13(2)25-12)28-17-9-15(14(10-23-17)20(30)22-3)27-21(31)19-16(33-5)11-24-29(19)6-7-32-4/h8-11H,6-7H2,1-5H3,(H,22,30)(H2,23,25,26,27,28,31). The van der Waals surface area contributed by atoms with E-state index in [4.69, 9.17) is 9.47 Å². The van der Waals surface area contributed by atoms with Gasteiger partial charge in [-0.3, -0.25) is 14.3 Å². The number of methoxy groups -OCH3 is 2. The van der Waals surface area contributed by atoms with E-state index >= 15 is 0 Å². The van der Waals surface area contributed by atoms with Gasteiger partial charge in [-0.1, -0.05) is 0 Å². The second-order valence-electron chi connectivity index (χ2n) is 6.99. The molecule has 0 aliphatic rings. The summed E-state index contributed by atoms with van der Waals surface area (Å²) in [5.41, 5.74) is 1.43. The molecule has 0 saturated carbocycles. The smallest absolute Gasteiger partial charge is 0.277 e. The summed E-state index contributed by atoms with van der Waals surface area (Å²) in [6.07, 6.45) is 2.82. The van der Waals surface area contributed by atoms with Crippen molar-refractivity contribution < 1.29 is 19.1 Å². The number of nitrogens with one attached hydrogen (secondary N) is 3. The Kier molecular flexibility index (Phi) is 7.51. The summed E-state index contributed by atoms with van der Waals surface area (Å²) in [7, 11) is 4.50. The van der Waals surface area contributed by atoms with Crippen molar-refractivity contribution in [1.82, 2.24) is 30.0 Å². The first-order chi connectivity index (χ1) is 15.9. The average molecular weight is 454 g/mol. The van der Waals surface area contributed by atoms with E-state index in [1.165, 1.54) is 31.2 Å². The van der Waals surface area contributed by atoms with E-state index in [1.807, 2.05) is 6.92 Å². The van der Waals surface area contributed by atoms with E-state index in [-0.39, 0.29) is 16.9 Å². The molecule has 3 rings (SSSR count). The fraction of sp³-hybridized carbons (Fsp3) is 0.333. The maximum atomic E-state index is 13.2. The van der Waals surface area contributed by atoms with Crippen LogP contribution in [0.4, 0.5) is 17.3 Å². The Hall–Kier alpha value is -4.06. The number of nitrogens with zero attached hydrogens (tertiary/aromatic N) is 5. The quantitative estimate of drug-likeness (QED) is 0.440. The molecule has 0 radical (unpaired) electrons. The van der Waals surface area contributed by atoms with Gasteiger partial charge in [0.15, 0.2) is 11.4 Å². The number of aromatic nitrogens is 5. The number of aryl methyl sites for hydroxylation is 2. The zero-order chi connectivity index (χ0) is 24.0. The number of pyridine rings is 1. The van der Waals surface area contributed by atoms with Gasteiger partial charge >= 0.3 is 0 Å². The fourth-order valence-corrected chi connectivity index (χ4v) is 3.13. The lowest BCUT2D eigenvalue weighted by Crippen LogP contribution is -2.24. The van der Waals surface area contributed by atoms with Crippen LogP contribution in [0, 0.1) is 13.8 Å². The van der Waals surface area contributed by atoms with Gasteiger partial charge in [-0.15, -0.1) is 0 Å². The molecule has 0 aliphatic carbocycles. The minimum atomic E-state index is -0.503. The fourth-order valence-electron chi connectivity index (χ4n) is 3.13. The summed E-state index contributed by atoms with van der Waals surface area (Å²) in [6.45, 7) is 4.34. The Labute approximate surface area is 190 Å². The third-order valence-corrected chi connectivity index (χ3v) is 4.59. The van der Waals surface area contributed by atoms with Gasteiger partial charge in [-0.2, -0.15) is 5.10 Å². The van der Waals surface area contributed by atoms with E-state index in [0.29, 0.717) is 36.4 Å².